The maximum atomic E-state index is 9.35. The van der Waals surface area contributed by atoms with Crippen LogP contribution in [0.3, 0.4) is 0 Å². The van der Waals surface area contributed by atoms with Gasteiger partial charge in [0.1, 0.15) is 22.6 Å². The lowest BCUT2D eigenvalue weighted by Crippen LogP contribution is -2.12. The molecule has 0 saturated heterocycles. The zero-order valence-corrected chi connectivity index (χ0v) is 14.8. The zero-order chi connectivity index (χ0) is 17.5. The fourth-order valence-electron chi connectivity index (χ4n) is 2.08. The van der Waals surface area contributed by atoms with Gasteiger partial charge in [0.15, 0.2) is 0 Å². The topological polar surface area (TPSA) is 54.3 Å². The van der Waals surface area contributed by atoms with E-state index in [-0.39, 0.29) is 0 Å². The molecule has 0 fully saturated rings. The number of ether oxygens (including phenoxy) is 2. The minimum atomic E-state index is 0.393. The minimum Gasteiger partial charge on any atom is -0.495 e. The van der Waals surface area contributed by atoms with Crippen LogP contribution in [0.2, 0.25) is 0 Å². The molecule has 0 spiro atoms. The standard InChI is InChI=1S/C19H20N2O2S/c1-13(2)12-23-17-9-8-14(10-15(17)11-20)19(24)21-16-6-4-5-7-18(16)22-3/h4-10,13H,12H2,1-3H3,(H,21,24). The molecule has 2 aromatic rings. The van der Waals surface area contributed by atoms with Crippen LogP contribution in [0.1, 0.15) is 25.0 Å². The van der Waals surface area contributed by atoms with Crippen LogP contribution in [0.5, 0.6) is 11.5 Å². The third kappa shape index (κ3) is 4.46. The SMILES string of the molecule is COc1ccccc1NC(=S)c1ccc(OCC(C)C)c(C#N)c1. The molecule has 0 bridgehead atoms. The monoisotopic (exact) mass is 340 g/mol. The van der Waals surface area contributed by atoms with E-state index in [1.807, 2.05) is 30.3 Å². The Morgan fingerprint density at radius 3 is 2.62 bits per heavy atom. The summed E-state index contributed by atoms with van der Waals surface area (Å²) in [6.45, 7) is 4.69. The van der Waals surface area contributed by atoms with Crippen LogP contribution in [0.15, 0.2) is 42.5 Å². The molecule has 2 aromatic carbocycles. The lowest BCUT2D eigenvalue weighted by atomic mass is 10.1. The number of anilines is 1. The average molecular weight is 340 g/mol. The first kappa shape index (κ1) is 17.8. The Labute approximate surface area is 148 Å². The number of nitrogens with one attached hydrogen (secondary N) is 1. The van der Waals surface area contributed by atoms with Crippen molar-refractivity contribution >= 4 is 22.9 Å². The molecule has 0 aliphatic heterocycles. The van der Waals surface area contributed by atoms with Gasteiger partial charge in [-0.2, -0.15) is 5.26 Å². The van der Waals surface area contributed by atoms with Crippen LogP contribution in [0.25, 0.3) is 0 Å². The lowest BCUT2D eigenvalue weighted by Gasteiger charge is -2.14. The van der Waals surface area contributed by atoms with Crippen molar-refractivity contribution < 1.29 is 9.47 Å². The van der Waals surface area contributed by atoms with E-state index >= 15 is 0 Å². The number of hydrogen-bond acceptors (Lipinski definition) is 4. The Hall–Kier alpha value is -2.58. The van der Waals surface area contributed by atoms with Crippen LogP contribution >= 0.6 is 12.2 Å². The number of hydrogen-bond donors (Lipinski definition) is 1. The van der Waals surface area contributed by atoms with Gasteiger partial charge in [0.25, 0.3) is 0 Å². The van der Waals surface area contributed by atoms with Crippen molar-refractivity contribution in [3.63, 3.8) is 0 Å². The van der Waals surface area contributed by atoms with Gasteiger partial charge in [-0.3, -0.25) is 0 Å². The van der Waals surface area contributed by atoms with Crippen LogP contribution in [-0.2, 0) is 0 Å². The Balaban J connectivity index is 2.19. The number of para-hydroxylation sites is 2. The van der Waals surface area contributed by atoms with Crippen LogP contribution in [-0.4, -0.2) is 18.7 Å². The molecule has 1 N–H and O–H groups in total. The quantitative estimate of drug-likeness (QED) is 0.791. The first-order chi connectivity index (χ1) is 11.5. The van der Waals surface area contributed by atoms with E-state index in [0.29, 0.717) is 34.6 Å². The van der Waals surface area contributed by atoms with Gasteiger partial charge in [0.05, 0.1) is 25.0 Å². The molecule has 0 amide bonds. The summed E-state index contributed by atoms with van der Waals surface area (Å²) in [5.74, 6) is 1.68. The van der Waals surface area contributed by atoms with E-state index in [2.05, 4.69) is 25.2 Å². The first-order valence-corrected chi connectivity index (χ1v) is 8.07. The molecule has 0 atom stereocenters. The van der Waals surface area contributed by atoms with Gasteiger partial charge in [-0.1, -0.05) is 38.2 Å². The summed E-state index contributed by atoms with van der Waals surface area (Å²) in [7, 11) is 1.61. The Morgan fingerprint density at radius 2 is 1.96 bits per heavy atom. The van der Waals surface area contributed by atoms with Gasteiger partial charge in [-0.25, -0.2) is 0 Å². The number of benzene rings is 2. The van der Waals surface area contributed by atoms with Gasteiger partial charge in [-0.15, -0.1) is 0 Å². The number of nitrogens with zero attached hydrogens (tertiary/aromatic N) is 1. The van der Waals surface area contributed by atoms with E-state index in [0.717, 1.165) is 11.3 Å². The predicted molar refractivity (Wildman–Crippen MR) is 99.8 cm³/mol. The minimum absolute atomic E-state index is 0.393. The highest BCUT2D eigenvalue weighted by Crippen LogP contribution is 2.25. The highest BCUT2D eigenvalue weighted by molar-refractivity contribution is 7.81. The molecule has 4 nitrogen and oxygen atoms in total. The van der Waals surface area contributed by atoms with Crippen molar-refractivity contribution in [1.82, 2.24) is 0 Å². The van der Waals surface area contributed by atoms with E-state index in [9.17, 15) is 5.26 Å². The lowest BCUT2D eigenvalue weighted by molar-refractivity contribution is 0.270. The van der Waals surface area contributed by atoms with E-state index in [4.69, 9.17) is 21.7 Å². The normalized spacial score (nSPS) is 10.1. The fraction of sp³-hybridized carbons (Fsp3) is 0.263. The molecule has 0 aliphatic carbocycles. The Morgan fingerprint density at radius 1 is 1.21 bits per heavy atom. The van der Waals surface area contributed by atoms with Crippen LogP contribution in [0.4, 0.5) is 5.69 Å². The van der Waals surface area contributed by atoms with E-state index in [1.54, 1.807) is 19.2 Å². The molecule has 2 rings (SSSR count). The molecule has 124 valence electrons. The van der Waals surface area contributed by atoms with Crippen molar-refractivity contribution in [2.24, 2.45) is 5.92 Å². The molecule has 0 heterocycles. The molecule has 0 unspecified atom stereocenters. The van der Waals surface area contributed by atoms with Gasteiger partial charge in [-0.05, 0) is 36.2 Å². The molecule has 24 heavy (non-hydrogen) atoms. The van der Waals surface area contributed by atoms with Crippen molar-refractivity contribution in [2.75, 3.05) is 19.0 Å². The fourth-order valence-corrected chi connectivity index (χ4v) is 2.32. The summed E-state index contributed by atoms with van der Waals surface area (Å²) in [5.41, 5.74) is 2.00. The van der Waals surface area contributed by atoms with Crippen molar-refractivity contribution in [2.45, 2.75) is 13.8 Å². The summed E-state index contributed by atoms with van der Waals surface area (Å²) in [4.78, 5) is 0.520. The summed E-state index contributed by atoms with van der Waals surface area (Å²) in [5, 5.41) is 12.5. The van der Waals surface area contributed by atoms with Gasteiger partial charge >= 0.3 is 0 Å². The number of thiocarbonyl (C=S) groups is 1. The Kier molecular flexibility index (Phi) is 6.16. The van der Waals surface area contributed by atoms with E-state index in [1.165, 1.54) is 0 Å². The maximum absolute atomic E-state index is 9.35. The highest BCUT2D eigenvalue weighted by atomic mass is 32.1. The molecule has 0 aromatic heterocycles. The van der Waals surface area contributed by atoms with Crippen molar-refractivity contribution in [3.05, 3.63) is 53.6 Å². The third-order valence-corrected chi connectivity index (χ3v) is 3.63. The summed E-state index contributed by atoms with van der Waals surface area (Å²) in [6, 6.07) is 15.1. The van der Waals surface area contributed by atoms with Crippen molar-refractivity contribution in [1.29, 1.82) is 5.26 Å². The average Bonchev–Trinajstić information content (AvgIpc) is 2.60. The number of nitriles is 1. The second-order valence-electron chi connectivity index (χ2n) is 5.68. The summed E-state index contributed by atoms with van der Waals surface area (Å²) < 4.78 is 11.0. The number of methoxy groups -OCH3 is 1. The second-order valence-corrected chi connectivity index (χ2v) is 6.09. The molecule has 0 radical (unpaired) electrons. The molecule has 0 aliphatic rings. The molecular formula is C19H20N2O2S. The predicted octanol–water partition coefficient (Wildman–Crippen LogP) is 4.39. The van der Waals surface area contributed by atoms with Gasteiger partial charge in [0, 0.05) is 5.56 Å². The zero-order valence-electron chi connectivity index (χ0n) is 14.0. The third-order valence-electron chi connectivity index (χ3n) is 3.29. The van der Waals surface area contributed by atoms with Crippen LogP contribution < -0.4 is 14.8 Å². The van der Waals surface area contributed by atoms with Gasteiger partial charge < -0.3 is 14.8 Å². The second kappa shape index (κ2) is 8.32. The number of rotatable bonds is 6. The smallest absolute Gasteiger partial charge is 0.142 e. The maximum Gasteiger partial charge on any atom is 0.142 e. The largest absolute Gasteiger partial charge is 0.495 e. The van der Waals surface area contributed by atoms with Crippen molar-refractivity contribution in [3.8, 4) is 17.6 Å². The summed E-state index contributed by atoms with van der Waals surface area (Å²) in [6.07, 6.45) is 0. The van der Waals surface area contributed by atoms with Gasteiger partial charge in [0.2, 0.25) is 0 Å². The molecule has 0 saturated carbocycles. The summed E-state index contributed by atoms with van der Waals surface area (Å²) >= 11 is 5.45. The molecule has 5 heteroatoms. The Bertz CT molecular complexity index is 766. The van der Waals surface area contributed by atoms with Crippen LogP contribution in [0, 0.1) is 17.2 Å². The first-order valence-electron chi connectivity index (χ1n) is 7.66. The molecular weight excluding hydrogens is 320 g/mol. The van der Waals surface area contributed by atoms with E-state index < -0.39 is 0 Å². The highest BCUT2D eigenvalue weighted by Gasteiger charge is 2.10.